The summed E-state index contributed by atoms with van der Waals surface area (Å²) >= 11 is 6.34. The number of amides is 2. The molecule has 1 atom stereocenters. The fourth-order valence-electron chi connectivity index (χ4n) is 4.98. The highest BCUT2D eigenvalue weighted by Gasteiger charge is 2.35. The molecule has 0 saturated carbocycles. The van der Waals surface area contributed by atoms with Gasteiger partial charge in [0.1, 0.15) is 18.3 Å². The monoisotopic (exact) mass is 647 g/mol. The second kappa shape index (κ2) is 15.6. The van der Waals surface area contributed by atoms with Gasteiger partial charge in [-0.2, -0.15) is 0 Å². The number of anilines is 1. The van der Waals surface area contributed by atoms with Crippen molar-refractivity contribution in [2.75, 3.05) is 24.5 Å². The molecule has 4 aromatic carbocycles. The van der Waals surface area contributed by atoms with Crippen LogP contribution in [0.5, 0.6) is 5.75 Å². The first-order chi connectivity index (χ1) is 21.6. The van der Waals surface area contributed by atoms with Gasteiger partial charge in [-0.25, -0.2) is 8.42 Å². The van der Waals surface area contributed by atoms with Crippen LogP contribution in [0.4, 0.5) is 5.69 Å². The minimum Gasteiger partial charge on any atom is -0.495 e. The van der Waals surface area contributed by atoms with E-state index < -0.39 is 28.5 Å². The van der Waals surface area contributed by atoms with Crippen molar-refractivity contribution in [3.8, 4) is 5.75 Å². The molecule has 45 heavy (non-hydrogen) atoms. The second-order valence-corrected chi connectivity index (χ2v) is 12.9. The van der Waals surface area contributed by atoms with Gasteiger partial charge in [0.25, 0.3) is 10.0 Å². The molecule has 0 aliphatic rings. The molecule has 236 valence electrons. The maximum absolute atomic E-state index is 14.6. The minimum atomic E-state index is -4.29. The molecular formula is C35H38ClN3O5S. The number of aryl methyl sites for hydroxylation is 1. The third-order valence-corrected chi connectivity index (χ3v) is 9.45. The molecule has 4 aromatic rings. The lowest BCUT2D eigenvalue weighted by Crippen LogP contribution is -2.53. The van der Waals surface area contributed by atoms with Crippen LogP contribution in [0.3, 0.4) is 0 Å². The smallest absolute Gasteiger partial charge is 0.264 e. The van der Waals surface area contributed by atoms with E-state index in [0.717, 1.165) is 21.0 Å². The Hall–Kier alpha value is -4.34. The highest BCUT2D eigenvalue weighted by Crippen LogP contribution is 2.35. The van der Waals surface area contributed by atoms with Crippen LogP contribution >= 0.6 is 11.6 Å². The number of benzene rings is 4. The summed E-state index contributed by atoms with van der Waals surface area (Å²) in [6.07, 6.45) is 0.952. The van der Waals surface area contributed by atoms with Crippen molar-refractivity contribution >= 4 is 39.1 Å². The van der Waals surface area contributed by atoms with Crippen LogP contribution in [0.1, 0.15) is 30.0 Å². The van der Waals surface area contributed by atoms with Gasteiger partial charge in [0.05, 0.1) is 17.7 Å². The summed E-state index contributed by atoms with van der Waals surface area (Å²) in [6.45, 7) is 3.81. The summed E-state index contributed by atoms with van der Waals surface area (Å²) < 4.78 is 34.9. The van der Waals surface area contributed by atoms with E-state index in [1.54, 1.807) is 30.3 Å². The molecule has 0 radical (unpaired) electrons. The highest BCUT2D eigenvalue weighted by atomic mass is 35.5. The van der Waals surface area contributed by atoms with Crippen molar-refractivity contribution in [3.63, 3.8) is 0 Å². The van der Waals surface area contributed by atoms with Crippen LogP contribution in [0.15, 0.2) is 108 Å². The lowest BCUT2D eigenvalue weighted by molar-refractivity contribution is -0.140. The van der Waals surface area contributed by atoms with Crippen LogP contribution in [-0.2, 0) is 32.6 Å². The molecule has 2 amide bonds. The van der Waals surface area contributed by atoms with Crippen molar-refractivity contribution in [1.82, 2.24) is 10.2 Å². The zero-order valence-electron chi connectivity index (χ0n) is 25.6. The lowest BCUT2D eigenvalue weighted by atomic mass is 10.0. The SMILES string of the molecule is CCCNC(=O)C(Cc1ccccc1)N(Cc1ccccc1C)C(=O)CN(c1cc(Cl)ccc1OC)S(=O)(=O)c1ccccc1. The zero-order valence-corrected chi connectivity index (χ0v) is 27.2. The number of hydrogen-bond acceptors (Lipinski definition) is 5. The number of nitrogens with zero attached hydrogens (tertiary/aromatic N) is 2. The van der Waals surface area contributed by atoms with Gasteiger partial charge in [-0.1, -0.05) is 91.3 Å². The molecule has 0 bridgehead atoms. The minimum absolute atomic E-state index is 0.00759. The lowest BCUT2D eigenvalue weighted by Gasteiger charge is -2.34. The van der Waals surface area contributed by atoms with Crippen molar-refractivity contribution < 1.29 is 22.7 Å². The van der Waals surface area contributed by atoms with E-state index >= 15 is 0 Å². The number of rotatable bonds is 14. The predicted octanol–water partition coefficient (Wildman–Crippen LogP) is 6.02. The Morgan fingerprint density at radius 1 is 0.911 bits per heavy atom. The Kier molecular flexibility index (Phi) is 11.6. The van der Waals surface area contributed by atoms with Gasteiger partial charge in [0, 0.05) is 24.5 Å². The van der Waals surface area contributed by atoms with Gasteiger partial charge in [0.2, 0.25) is 11.8 Å². The van der Waals surface area contributed by atoms with Gasteiger partial charge in [-0.05, 0) is 60.4 Å². The summed E-state index contributed by atoms with van der Waals surface area (Å²) in [6, 6.07) is 28.6. The largest absolute Gasteiger partial charge is 0.495 e. The summed E-state index contributed by atoms with van der Waals surface area (Å²) in [5.41, 5.74) is 2.74. The van der Waals surface area contributed by atoms with Crippen molar-refractivity contribution in [2.45, 2.75) is 44.2 Å². The molecule has 0 spiro atoms. The summed E-state index contributed by atoms with van der Waals surface area (Å²) in [5.74, 6) is -0.661. The zero-order chi connectivity index (χ0) is 32.4. The molecule has 0 aliphatic heterocycles. The van der Waals surface area contributed by atoms with Gasteiger partial charge < -0.3 is 15.0 Å². The van der Waals surface area contributed by atoms with Gasteiger partial charge in [0.15, 0.2) is 0 Å². The van der Waals surface area contributed by atoms with Gasteiger partial charge >= 0.3 is 0 Å². The van der Waals surface area contributed by atoms with Crippen molar-refractivity contribution in [2.24, 2.45) is 0 Å². The average Bonchev–Trinajstić information content (AvgIpc) is 3.05. The molecule has 10 heteroatoms. The Morgan fingerprint density at radius 2 is 1.56 bits per heavy atom. The molecule has 1 unspecified atom stereocenters. The number of halogens is 1. The summed E-state index contributed by atoms with van der Waals surface area (Å²) in [4.78, 5) is 29.8. The standard InChI is InChI=1S/C35H38ClN3O5S/c1-4-21-37-35(41)32(22-27-14-7-5-8-15-27)38(24-28-16-12-11-13-26(28)2)34(40)25-39(31-23-29(36)19-20-33(31)44-3)45(42,43)30-17-9-6-10-18-30/h5-20,23,32H,4,21-22,24-25H2,1-3H3,(H,37,41). The maximum Gasteiger partial charge on any atom is 0.264 e. The number of methoxy groups -OCH3 is 1. The molecule has 0 aliphatic carbocycles. The van der Waals surface area contributed by atoms with E-state index in [0.29, 0.717) is 13.0 Å². The first-order valence-corrected chi connectivity index (χ1v) is 16.5. The first-order valence-electron chi connectivity index (χ1n) is 14.7. The maximum atomic E-state index is 14.6. The molecule has 4 rings (SSSR count). The number of sulfonamides is 1. The Bertz CT molecular complexity index is 1700. The van der Waals surface area contributed by atoms with E-state index in [4.69, 9.17) is 16.3 Å². The van der Waals surface area contributed by atoms with E-state index in [1.165, 1.54) is 30.2 Å². The number of carbonyl (C=O) groups is 2. The van der Waals surface area contributed by atoms with Crippen LogP contribution in [0.2, 0.25) is 5.02 Å². The Labute approximate surface area is 270 Å². The molecule has 0 aromatic heterocycles. The van der Waals surface area contributed by atoms with Crippen LogP contribution < -0.4 is 14.4 Å². The first kappa shape index (κ1) is 33.6. The fraction of sp³-hybridized carbons (Fsp3) is 0.257. The van der Waals surface area contributed by atoms with E-state index in [2.05, 4.69) is 5.32 Å². The quantitative estimate of drug-likeness (QED) is 0.181. The molecule has 8 nitrogen and oxygen atoms in total. The van der Waals surface area contributed by atoms with E-state index in [-0.39, 0.29) is 40.2 Å². The fourth-order valence-corrected chi connectivity index (χ4v) is 6.59. The Morgan fingerprint density at radius 3 is 2.20 bits per heavy atom. The van der Waals surface area contributed by atoms with Crippen LogP contribution in [-0.4, -0.2) is 51.4 Å². The second-order valence-electron chi connectivity index (χ2n) is 10.6. The summed E-state index contributed by atoms with van der Waals surface area (Å²) in [7, 11) is -2.87. The van der Waals surface area contributed by atoms with E-state index in [1.807, 2.05) is 68.4 Å². The van der Waals surface area contributed by atoms with Crippen molar-refractivity contribution in [3.05, 3.63) is 125 Å². The molecule has 1 N–H and O–H groups in total. The number of nitrogens with one attached hydrogen (secondary N) is 1. The topological polar surface area (TPSA) is 96.0 Å². The number of hydrogen-bond donors (Lipinski definition) is 1. The van der Waals surface area contributed by atoms with Gasteiger partial charge in [-0.3, -0.25) is 13.9 Å². The van der Waals surface area contributed by atoms with Crippen LogP contribution in [0.25, 0.3) is 0 Å². The highest BCUT2D eigenvalue weighted by molar-refractivity contribution is 7.92. The van der Waals surface area contributed by atoms with Crippen molar-refractivity contribution in [1.29, 1.82) is 0 Å². The average molecular weight is 648 g/mol. The molecule has 0 saturated heterocycles. The normalized spacial score (nSPS) is 11.8. The molecule has 0 heterocycles. The predicted molar refractivity (Wildman–Crippen MR) is 178 cm³/mol. The summed E-state index contributed by atoms with van der Waals surface area (Å²) in [5, 5.41) is 3.22. The molecular weight excluding hydrogens is 610 g/mol. The number of carbonyl (C=O) groups excluding carboxylic acids is 2. The number of ether oxygens (including phenoxy) is 1. The third kappa shape index (κ3) is 8.44. The van der Waals surface area contributed by atoms with Gasteiger partial charge in [-0.15, -0.1) is 0 Å². The molecule has 0 fully saturated rings. The van der Waals surface area contributed by atoms with Crippen LogP contribution in [0, 0.1) is 6.92 Å². The van der Waals surface area contributed by atoms with E-state index in [9.17, 15) is 18.0 Å². The third-order valence-electron chi connectivity index (χ3n) is 7.44. The Balaban J connectivity index is 1.85.